The van der Waals surface area contributed by atoms with E-state index in [9.17, 15) is 0 Å². The summed E-state index contributed by atoms with van der Waals surface area (Å²) in [4.78, 5) is 4.28. The van der Waals surface area contributed by atoms with Crippen molar-refractivity contribution in [3.05, 3.63) is 59.5 Å². The maximum Gasteiger partial charge on any atom is 0.155 e. The molecule has 0 spiro atoms. The van der Waals surface area contributed by atoms with Crippen LogP contribution in [-0.4, -0.2) is 15.2 Å². The molecule has 0 bridgehead atoms. The molecule has 3 aromatic rings. The molecule has 5 heteroatoms. The molecule has 0 saturated carbocycles. The Kier molecular flexibility index (Phi) is 3.25. The Morgan fingerprint density at radius 2 is 2.11 bits per heavy atom. The number of hydrogen-bond donors (Lipinski definition) is 0. The summed E-state index contributed by atoms with van der Waals surface area (Å²) >= 11 is 5.74. The number of rotatable bonds is 3. The van der Waals surface area contributed by atoms with E-state index in [0.29, 0.717) is 17.5 Å². The zero-order valence-corrected chi connectivity index (χ0v) is 10.7. The minimum Gasteiger partial charge on any atom is -0.487 e. The highest BCUT2D eigenvalue weighted by molar-refractivity contribution is 6.29. The Hall–Kier alpha value is -2.20. The van der Waals surface area contributed by atoms with Gasteiger partial charge in [-0.25, -0.2) is 0 Å². The van der Waals surface area contributed by atoms with Gasteiger partial charge in [0.25, 0.3) is 0 Å². The van der Waals surface area contributed by atoms with E-state index < -0.39 is 0 Å². The van der Waals surface area contributed by atoms with Crippen molar-refractivity contribution in [1.82, 2.24) is 15.2 Å². The summed E-state index contributed by atoms with van der Waals surface area (Å²) in [6, 6.07) is 11.6. The molecule has 1 aromatic carbocycles. The second-order valence-corrected chi connectivity index (χ2v) is 4.42. The van der Waals surface area contributed by atoms with Crippen molar-refractivity contribution in [3.63, 3.8) is 0 Å². The molecule has 0 aliphatic carbocycles. The number of pyridine rings is 1. The summed E-state index contributed by atoms with van der Waals surface area (Å²) in [7, 11) is 0. The van der Waals surface area contributed by atoms with E-state index >= 15 is 0 Å². The zero-order chi connectivity index (χ0) is 13.1. The number of ether oxygens (including phenoxy) is 1. The van der Waals surface area contributed by atoms with Gasteiger partial charge in [-0.3, -0.25) is 4.98 Å². The first-order chi connectivity index (χ1) is 9.31. The molecule has 0 atom stereocenters. The van der Waals surface area contributed by atoms with Gasteiger partial charge in [-0.05, 0) is 23.8 Å². The van der Waals surface area contributed by atoms with E-state index in [1.807, 2.05) is 24.3 Å². The molecule has 0 amide bonds. The van der Waals surface area contributed by atoms with Crippen LogP contribution in [0.1, 0.15) is 5.56 Å². The average Bonchev–Trinajstić information content (AvgIpc) is 2.45. The van der Waals surface area contributed by atoms with E-state index in [1.165, 1.54) is 6.20 Å². The average molecular weight is 272 g/mol. The molecule has 4 nitrogen and oxygen atoms in total. The highest BCUT2D eigenvalue weighted by atomic mass is 35.5. The molecule has 0 radical (unpaired) electrons. The second-order valence-electron chi connectivity index (χ2n) is 4.03. The quantitative estimate of drug-likeness (QED) is 0.734. The first kappa shape index (κ1) is 11.9. The topological polar surface area (TPSA) is 47.9 Å². The Labute approximate surface area is 115 Å². The summed E-state index contributed by atoms with van der Waals surface area (Å²) in [6.45, 7) is 0.451. The van der Waals surface area contributed by atoms with Crippen LogP contribution in [0.2, 0.25) is 5.15 Å². The SMILES string of the molecule is Clc1cc(OCc2ccc3ncccc3c2)cnn1. The number of nitrogens with zero attached hydrogens (tertiary/aromatic N) is 3. The summed E-state index contributed by atoms with van der Waals surface area (Å²) in [5.74, 6) is 0.603. The Morgan fingerprint density at radius 1 is 1.16 bits per heavy atom. The van der Waals surface area contributed by atoms with Crippen LogP contribution >= 0.6 is 11.6 Å². The molecule has 2 heterocycles. The van der Waals surface area contributed by atoms with E-state index in [0.717, 1.165) is 16.5 Å². The number of hydrogen-bond acceptors (Lipinski definition) is 4. The molecule has 0 fully saturated rings. The third-order valence-electron chi connectivity index (χ3n) is 2.67. The third-order valence-corrected chi connectivity index (χ3v) is 2.86. The Morgan fingerprint density at radius 3 is 3.00 bits per heavy atom. The lowest BCUT2D eigenvalue weighted by atomic mass is 10.1. The summed E-state index contributed by atoms with van der Waals surface area (Å²) in [5, 5.41) is 8.80. The summed E-state index contributed by atoms with van der Waals surface area (Å²) < 4.78 is 5.61. The van der Waals surface area contributed by atoms with Gasteiger partial charge in [-0.2, -0.15) is 5.10 Å². The summed E-state index contributed by atoms with van der Waals surface area (Å²) in [5.41, 5.74) is 2.04. The highest BCUT2D eigenvalue weighted by Crippen LogP contribution is 2.17. The maximum absolute atomic E-state index is 5.74. The first-order valence-corrected chi connectivity index (χ1v) is 6.14. The molecule has 3 rings (SSSR count). The van der Waals surface area contributed by atoms with Crippen LogP contribution in [0, 0.1) is 0 Å². The lowest BCUT2D eigenvalue weighted by Crippen LogP contribution is -1.96. The molecule has 2 aromatic heterocycles. The van der Waals surface area contributed by atoms with Crippen LogP contribution in [-0.2, 0) is 6.61 Å². The van der Waals surface area contributed by atoms with Gasteiger partial charge < -0.3 is 4.74 Å². The second kappa shape index (κ2) is 5.20. The van der Waals surface area contributed by atoms with Crippen molar-refractivity contribution in [2.45, 2.75) is 6.61 Å². The Bertz CT molecular complexity index is 718. The summed E-state index contributed by atoms with van der Waals surface area (Å²) in [6.07, 6.45) is 3.32. The largest absolute Gasteiger partial charge is 0.487 e. The van der Waals surface area contributed by atoms with E-state index in [-0.39, 0.29) is 0 Å². The molecule has 0 N–H and O–H groups in total. The predicted octanol–water partition coefficient (Wildman–Crippen LogP) is 3.26. The van der Waals surface area contributed by atoms with Crippen LogP contribution in [0.4, 0.5) is 0 Å². The van der Waals surface area contributed by atoms with E-state index in [4.69, 9.17) is 16.3 Å². The minimum absolute atomic E-state index is 0.320. The van der Waals surface area contributed by atoms with Crippen molar-refractivity contribution in [2.75, 3.05) is 0 Å². The number of fused-ring (bicyclic) bond motifs is 1. The molecule has 0 aliphatic heterocycles. The van der Waals surface area contributed by atoms with Crippen LogP contribution in [0.5, 0.6) is 5.75 Å². The fourth-order valence-corrected chi connectivity index (χ4v) is 1.94. The smallest absolute Gasteiger partial charge is 0.155 e. The lowest BCUT2D eigenvalue weighted by Gasteiger charge is -2.06. The van der Waals surface area contributed by atoms with E-state index in [1.54, 1.807) is 12.3 Å². The normalized spacial score (nSPS) is 10.6. The van der Waals surface area contributed by atoms with Crippen molar-refractivity contribution >= 4 is 22.5 Å². The van der Waals surface area contributed by atoms with Gasteiger partial charge in [0.1, 0.15) is 12.4 Å². The van der Waals surface area contributed by atoms with Gasteiger partial charge >= 0.3 is 0 Å². The monoisotopic (exact) mass is 271 g/mol. The van der Waals surface area contributed by atoms with Gasteiger partial charge in [-0.15, -0.1) is 5.10 Å². The molecule has 0 unspecified atom stereocenters. The number of benzene rings is 1. The van der Waals surface area contributed by atoms with Gasteiger partial charge in [0.05, 0.1) is 11.7 Å². The lowest BCUT2D eigenvalue weighted by molar-refractivity contribution is 0.304. The molecular formula is C14H10ClN3O. The Balaban J connectivity index is 1.78. The van der Waals surface area contributed by atoms with Crippen LogP contribution in [0.25, 0.3) is 10.9 Å². The highest BCUT2D eigenvalue weighted by Gasteiger charge is 2.00. The first-order valence-electron chi connectivity index (χ1n) is 5.76. The van der Waals surface area contributed by atoms with Gasteiger partial charge in [-0.1, -0.05) is 23.7 Å². The predicted molar refractivity (Wildman–Crippen MR) is 73.1 cm³/mol. The molecule has 0 saturated heterocycles. The van der Waals surface area contributed by atoms with Gasteiger partial charge in [0, 0.05) is 17.6 Å². The molecule has 94 valence electrons. The van der Waals surface area contributed by atoms with Crippen molar-refractivity contribution in [2.24, 2.45) is 0 Å². The fourth-order valence-electron chi connectivity index (χ4n) is 1.78. The van der Waals surface area contributed by atoms with Gasteiger partial charge in [0.2, 0.25) is 0 Å². The molecule has 0 aliphatic rings. The molecular weight excluding hydrogens is 262 g/mol. The molecule has 19 heavy (non-hydrogen) atoms. The van der Waals surface area contributed by atoms with Crippen LogP contribution in [0.15, 0.2) is 48.8 Å². The fraction of sp³-hybridized carbons (Fsp3) is 0.0714. The van der Waals surface area contributed by atoms with Crippen LogP contribution in [0.3, 0.4) is 0 Å². The van der Waals surface area contributed by atoms with Crippen molar-refractivity contribution < 1.29 is 4.74 Å². The third kappa shape index (κ3) is 2.80. The number of halogens is 1. The van der Waals surface area contributed by atoms with Gasteiger partial charge in [0.15, 0.2) is 5.15 Å². The standard InChI is InChI=1S/C14H10ClN3O/c15-14-7-12(8-17-18-14)19-9-10-3-4-13-11(6-10)2-1-5-16-13/h1-8H,9H2. The van der Waals surface area contributed by atoms with Crippen molar-refractivity contribution in [3.8, 4) is 5.75 Å². The zero-order valence-electron chi connectivity index (χ0n) is 9.95. The minimum atomic E-state index is 0.320. The van der Waals surface area contributed by atoms with E-state index in [2.05, 4.69) is 21.2 Å². The maximum atomic E-state index is 5.74. The van der Waals surface area contributed by atoms with Crippen LogP contribution < -0.4 is 4.74 Å². The van der Waals surface area contributed by atoms with Crippen molar-refractivity contribution in [1.29, 1.82) is 0 Å². The number of aromatic nitrogens is 3.